The van der Waals surface area contributed by atoms with E-state index in [1.807, 2.05) is 0 Å². The molecule has 2 amide bonds. The summed E-state index contributed by atoms with van der Waals surface area (Å²) in [6.07, 6.45) is -3.36. The van der Waals surface area contributed by atoms with Gasteiger partial charge in [0.25, 0.3) is 0 Å². The van der Waals surface area contributed by atoms with Crippen LogP contribution in [0.4, 0.5) is 18.0 Å². The van der Waals surface area contributed by atoms with Crippen LogP contribution in [-0.2, 0) is 0 Å². The monoisotopic (exact) mass is 324 g/mol. The largest absolute Gasteiger partial charge is 0.408 e. The van der Waals surface area contributed by atoms with Gasteiger partial charge in [-0.1, -0.05) is 20.8 Å². The standard InChI is InChI=1S/C15H27F3N2O2/c1-10(21)8-11-6-5-7-20(11)13(22)19-12(15(16,17)18)9-14(2,3)4/h10-12,21H,5-9H2,1-4H3,(H,19,22)/t10-,11+,12+/m0/s1. The fourth-order valence-electron chi connectivity index (χ4n) is 2.83. The highest BCUT2D eigenvalue weighted by molar-refractivity contribution is 5.75. The van der Waals surface area contributed by atoms with Crippen LogP contribution in [0, 0.1) is 5.41 Å². The van der Waals surface area contributed by atoms with Crippen molar-refractivity contribution in [2.24, 2.45) is 5.41 Å². The number of carbonyl (C=O) groups excluding carboxylic acids is 1. The van der Waals surface area contributed by atoms with E-state index in [1.54, 1.807) is 27.7 Å². The van der Waals surface area contributed by atoms with E-state index in [1.165, 1.54) is 4.90 Å². The number of likely N-dealkylation sites (tertiary alicyclic amines) is 1. The summed E-state index contributed by atoms with van der Waals surface area (Å²) in [6.45, 7) is 7.19. The molecule has 2 N–H and O–H groups in total. The summed E-state index contributed by atoms with van der Waals surface area (Å²) >= 11 is 0. The summed E-state index contributed by atoms with van der Waals surface area (Å²) in [4.78, 5) is 13.6. The van der Waals surface area contributed by atoms with E-state index in [9.17, 15) is 23.1 Å². The van der Waals surface area contributed by atoms with Crippen molar-refractivity contribution in [1.29, 1.82) is 0 Å². The van der Waals surface area contributed by atoms with Crippen molar-refractivity contribution < 1.29 is 23.1 Å². The lowest BCUT2D eigenvalue weighted by Gasteiger charge is -2.32. The number of nitrogens with one attached hydrogen (secondary N) is 1. The van der Waals surface area contributed by atoms with Gasteiger partial charge in [0, 0.05) is 12.6 Å². The van der Waals surface area contributed by atoms with Crippen LogP contribution in [0.5, 0.6) is 0 Å². The molecule has 0 saturated carbocycles. The first-order valence-electron chi connectivity index (χ1n) is 7.72. The van der Waals surface area contributed by atoms with Crippen LogP contribution in [0.15, 0.2) is 0 Å². The second kappa shape index (κ2) is 7.06. The molecular formula is C15H27F3N2O2. The third-order valence-electron chi connectivity index (χ3n) is 3.76. The van der Waals surface area contributed by atoms with Crippen molar-refractivity contribution in [2.75, 3.05) is 6.54 Å². The first-order valence-corrected chi connectivity index (χ1v) is 7.72. The van der Waals surface area contributed by atoms with Gasteiger partial charge in [0.05, 0.1) is 6.10 Å². The van der Waals surface area contributed by atoms with Gasteiger partial charge in [-0.3, -0.25) is 0 Å². The minimum atomic E-state index is -4.47. The molecule has 22 heavy (non-hydrogen) atoms. The van der Waals surface area contributed by atoms with Crippen LogP contribution in [0.1, 0.15) is 53.4 Å². The summed E-state index contributed by atoms with van der Waals surface area (Å²) < 4.78 is 39.4. The summed E-state index contributed by atoms with van der Waals surface area (Å²) in [5.41, 5.74) is -0.544. The zero-order valence-electron chi connectivity index (χ0n) is 13.7. The number of hydrogen-bond donors (Lipinski definition) is 2. The highest BCUT2D eigenvalue weighted by Gasteiger charge is 2.44. The normalized spacial score (nSPS) is 22.5. The molecule has 0 unspecified atom stereocenters. The number of halogens is 3. The van der Waals surface area contributed by atoms with Gasteiger partial charge in [-0.2, -0.15) is 13.2 Å². The molecule has 0 radical (unpaired) electrons. The van der Waals surface area contributed by atoms with Gasteiger partial charge in [-0.25, -0.2) is 4.79 Å². The summed E-state index contributed by atoms with van der Waals surface area (Å²) in [5.74, 6) is 0. The highest BCUT2D eigenvalue weighted by atomic mass is 19.4. The Labute approximate surface area is 130 Å². The minimum Gasteiger partial charge on any atom is -0.393 e. The maximum absolute atomic E-state index is 13.1. The van der Waals surface area contributed by atoms with Crippen molar-refractivity contribution in [3.8, 4) is 0 Å². The summed E-state index contributed by atoms with van der Waals surface area (Å²) in [5, 5.41) is 11.6. The molecule has 1 aliphatic rings. The van der Waals surface area contributed by atoms with Gasteiger partial charge < -0.3 is 15.3 Å². The van der Waals surface area contributed by atoms with Crippen LogP contribution >= 0.6 is 0 Å². The fourth-order valence-corrected chi connectivity index (χ4v) is 2.83. The van der Waals surface area contributed by atoms with E-state index in [0.29, 0.717) is 19.4 Å². The molecule has 1 rings (SSSR count). The number of alkyl halides is 3. The second-order valence-corrected chi connectivity index (χ2v) is 7.38. The predicted octanol–water partition coefficient (Wildman–Crippen LogP) is 3.30. The van der Waals surface area contributed by atoms with E-state index in [4.69, 9.17) is 0 Å². The number of nitrogens with zero attached hydrogens (tertiary/aromatic N) is 1. The molecule has 7 heteroatoms. The number of amides is 2. The van der Waals surface area contributed by atoms with E-state index in [-0.39, 0.29) is 12.5 Å². The number of aliphatic hydroxyl groups excluding tert-OH is 1. The first-order chi connectivity index (χ1) is 9.90. The van der Waals surface area contributed by atoms with Crippen LogP contribution in [0.3, 0.4) is 0 Å². The molecule has 1 fully saturated rings. The number of hydrogen-bond acceptors (Lipinski definition) is 2. The Kier molecular flexibility index (Phi) is 6.12. The van der Waals surface area contributed by atoms with Crippen molar-refractivity contribution >= 4 is 6.03 Å². The first kappa shape index (κ1) is 19.1. The molecule has 0 aromatic heterocycles. The van der Waals surface area contributed by atoms with Crippen molar-refractivity contribution in [2.45, 2.75) is 77.7 Å². The number of rotatable bonds is 4. The number of carbonyl (C=O) groups is 1. The third kappa shape index (κ3) is 6.02. The molecule has 4 nitrogen and oxygen atoms in total. The van der Waals surface area contributed by atoms with Gasteiger partial charge in [0.1, 0.15) is 6.04 Å². The van der Waals surface area contributed by atoms with Crippen molar-refractivity contribution in [3.63, 3.8) is 0 Å². The van der Waals surface area contributed by atoms with Crippen LogP contribution < -0.4 is 5.32 Å². The maximum Gasteiger partial charge on any atom is 0.408 e. The van der Waals surface area contributed by atoms with Gasteiger partial charge in [-0.05, 0) is 38.0 Å². The zero-order chi connectivity index (χ0) is 17.1. The lowest BCUT2D eigenvalue weighted by Crippen LogP contribution is -2.53. The molecule has 1 heterocycles. The van der Waals surface area contributed by atoms with Crippen LogP contribution in [-0.4, -0.2) is 46.9 Å². The molecule has 0 bridgehead atoms. The van der Waals surface area contributed by atoms with Crippen molar-refractivity contribution in [1.82, 2.24) is 10.2 Å². The topological polar surface area (TPSA) is 52.6 Å². The molecule has 0 spiro atoms. The third-order valence-corrected chi connectivity index (χ3v) is 3.76. The fraction of sp³-hybridized carbons (Fsp3) is 0.933. The molecule has 0 aliphatic carbocycles. The minimum absolute atomic E-state index is 0.169. The molecule has 3 atom stereocenters. The molecule has 0 aromatic rings. The van der Waals surface area contributed by atoms with Crippen LogP contribution in [0.2, 0.25) is 0 Å². The smallest absolute Gasteiger partial charge is 0.393 e. The summed E-state index contributed by atoms with van der Waals surface area (Å²) in [6, 6.07) is -2.73. The average Bonchev–Trinajstić information content (AvgIpc) is 2.72. The van der Waals surface area contributed by atoms with E-state index < -0.39 is 29.8 Å². The maximum atomic E-state index is 13.1. The molecule has 1 saturated heterocycles. The van der Waals surface area contributed by atoms with E-state index >= 15 is 0 Å². The second-order valence-electron chi connectivity index (χ2n) is 7.38. The van der Waals surface area contributed by atoms with E-state index in [0.717, 1.165) is 6.42 Å². The van der Waals surface area contributed by atoms with E-state index in [2.05, 4.69) is 5.32 Å². The quantitative estimate of drug-likeness (QED) is 0.834. The Morgan fingerprint density at radius 3 is 2.41 bits per heavy atom. The Morgan fingerprint density at radius 2 is 1.95 bits per heavy atom. The number of aliphatic hydroxyl groups is 1. The molecule has 0 aromatic carbocycles. The average molecular weight is 324 g/mol. The predicted molar refractivity (Wildman–Crippen MR) is 78.5 cm³/mol. The summed E-state index contributed by atoms with van der Waals surface area (Å²) in [7, 11) is 0. The lowest BCUT2D eigenvalue weighted by molar-refractivity contribution is -0.159. The van der Waals surface area contributed by atoms with Crippen LogP contribution in [0.25, 0.3) is 0 Å². The Bertz CT molecular complexity index is 378. The van der Waals surface area contributed by atoms with Crippen molar-refractivity contribution in [3.05, 3.63) is 0 Å². The molecular weight excluding hydrogens is 297 g/mol. The Hall–Kier alpha value is -0.980. The Morgan fingerprint density at radius 1 is 1.36 bits per heavy atom. The molecule has 130 valence electrons. The highest BCUT2D eigenvalue weighted by Crippen LogP contribution is 2.31. The SMILES string of the molecule is C[C@H](O)C[C@H]1CCCN1C(=O)N[C@H](CC(C)(C)C)C(F)(F)F. The zero-order valence-corrected chi connectivity index (χ0v) is 13.7. The van der Waals surface area contributed by atoms with Gasteiger partial charge >= 0.3 is 12.2 Å². The van der Waals surface area contributed by atoms with Gasteiger partial charge in [0.2, 0.25) is 0 Å². The van der Waals surface area contributed by atoms with Gasteiger partial charge in [0.15, 0.2) is 0 Å². The van der Waals surface area contributed by atoms with Gasteiger partial charge in [-0.15, -0.1) is 0 Å². The molecule has 1 aliphatic heterocycles. The Balaban J connectivity index is 2.74. The lowest BCUT2D eigenvalue weighted by atomic mass is 9.88. The number of urea groups is 1.